The van der Waals surface area contributed by atoms with Gasteiger partial charge >= 0.3 is 0 Å². The lowest BCUT2D eigenvalue weighted by Crippen LogP contribution is -2.33. The lowest BCUT2D eigenvalue weighted by Gasteiger charge is -2.22. The van der Waals surface area contributed by atoms with Crippen LogP contribution in [0, 0.1) is 0 Å². The summed E-state index contributed by atoms with van der Waals surface area (Å²) in [6.45, 7) is 12.1. The fourth-order valence-corrected chi connectivity index (χ4v) is 1.83. The first-order valence-corrected chi connectivity index (χ1v) is 5.31. The van der Waals surface area contributed by atoms with Gasteiger partial charge in [0.25, 0.3) is 0 Å². The highest BCUT2D eigenvalue weighted by Gasteiger charge is 2.11. The number of rotatable bonds is 5. The Balaban J connectivity index is 2.06. The molecule has 0 aliphatic carbocycles. The molecular formula is C10H22N2. The van der Waals surface area contributed by atoms with Gasteiger partial charge in [-0.2, -0.15) is 0 Å². The third-order valence-corrected chi connectivity index (χ3v) is 2.83. The minimum absolute atomic E-state index is 1.20. The Labute approximate surface area is 76.5 Å². The Bertz CT molecular complexity index is 102. The molecule has 12 heavy (non-hydrogen) atoms. The molecule has 1 rings (SSSR count). The third-order valence-electron chi connectivity index (χ3n) is 2.83. The standard InChI is InChI=1S/C10H22N2/c1-3-11(4-2)9-10-12-7-5-6-8-12/h3-10H2,1-2H3. The van der Waals surface area contributed by atoms with Crippen LogP contribution in [0.4, 0.5) is 0 Å². The van der Waals surface area contributed by atoms with Crippen molar-refractivity contribution in [3.8, 4) is 0 Å². The van der Waals surface area contributed by atoms with Crippen molar-refractivity contribution < 1.29 is 0 Å². The summed E-state index contributed by atoms with van der Waals surface area (Å²) >= 11 is 0. The fourth-order valence-electron chi connectivity index (χ4n) is 1.83. The van der Waals surface area contributed by atoms with E-state index in [1.807, 2.05) is 0 Å². The van der Waals surface area contributed by atoms with Gasteiger partial charge in [0.05, 0.1) is 0 Å². The smallest absolute Gasteiger partial charge is 0.0109 e. The molecule has 0 amide bonds. The van der Waals surface area contributed by atoms with E-state index in [0.717, 1.165) is 0 Å². The third kappa shape index (κ3) is 3.11. The molecule has 2 nitrogen and oxygen atoms in total. The largest absolute Gasteiger partial charge is 0.303 e. The van der Waals surface area contributed by atoms with Crippen LogP contribution in [0.1, 0.15) is 26.7 Å². The summed E-state index contributed by atoms with van der Waals surface area (Å²) in [6.07, 6.45) is 2.83. The molecule has 0 aromatic carbocycles. The van der Waals surface area contributed by atoms with Gasteiger partial charge in [-0.05, 0) is 39.0 Å². The summed E-state index contributed by atoms with van der Waals surface area (Å²) < 4.78 is 0. The molecule has 1 aliphatic rings. The van der Waals surface area contributed by atoms with Crippen LogP contribution >= 0.6 is 0 Å². The van der Waals surface area contributed by atoms with E-state index in [0.29, 0.717) is 0 Å². The average molecular weight is 170 g/mol. The molecule has 0 aromatic rings. The van der Waals surface area contributed by atoms with Crippen molar-refractivity contribution in [1.29, 1.82) is 0 Å². The molecule has 72 valence electrons. The van der Waals surface area contributed by atoms with E-state index >= 15 is 0 Å². The molecular weight excluding hydrogens is 148 g/mol. The molecule has 0 aromatic heterocycles. The second kappa shape index (κ2) is 5.55. The Morgan fingerprint density at radius 3 is 2.17 bits per heavy atom. The maximum Gasteiger partial charge on any atom is 0.0109 e. The summed E-state index contributed by atoms with van der Waals surface area (Å²) in [5.74, 6) is 0. The maximum absolute atomic E-state index is 2.58. The van der Waals surface area contributed by atoms with Crippen LogP contribution in [0.15, 0.2) is 0 Å². The van der Waals surface area contributed by atoms with Crippen molar-refractivity contribution in [3.63, 3.8) is 0 Å². The van der Waals surface area contributed by atoms with E-state index in [2.05, 4.69) is 23.6 Å². The second-order valence-corrected chi connectivity index (χ2v) is 3.58. The summed E-state index contributed by atoms with van der Waals surface area (Å²) in [6, 6.07) is 0. The molecule has 0 spiro atoms. The number of hydrogen-bond donors (Lipinski definition) is 0. The number of likely N-dealkylation sites (N-methyl/N-ethyl adjacent to an activating group) is 1. The Hall–Kier alpha value is -0.0800. The first kappa shape index (κ1) is 10.0. The van der Waals surface area contributed by atoms with Crippen LogP contribution in [0.3, 0.4) is 0 Å². The predicted octanol–water partition coefficient (Wildman–Crippen LogP) is 1.42. The zero-order valence-corrected chi connectivity index (χ0v) is 8.55. The highest BCUT2D eigenvalue weighted by atomic mass is 15.2. The molecule has 1 saturated heterocycles. The lowest BCUT2D eigenvalue weighted by molar-refractivity contribution is 0.241. The van der Waals surface area contributed by atoms with Gasteiger partial charge < -0.3 is 9.80 Å². The van der Waals surface area contributed by atoms with Crippen molar-refractivity contribution in [2.24, 2.45) is 0 Å². The van der Waals surface area contributed by atoms with Crippen molar-refractivity contribution >= 4 is 0 Å². The zero-order chi connectivity index (χ0) is 8.81. The summed E-state index contributed by atoms with van der Waals surface area (Å²) in [7, 11) is 0. The number of nitrogens with zero attached hydrogens (tertiary/aromatic N) is 2. The normalized spacial score (nSPS) is 19.2. The van der Waals surface area contributed by atoms with E-state index in [9.17, 15) is 0 Å². The Kier molecular flexibility index (Phi) is 4.62. The topological polar surface area (TPSA) is 6.48 Å². The van der Waals surface area contributed by atoms with E-state index in [1.54, 1.807) is 0 Å². The highest BCUT2D eigenvalue weighted by Crippen LogP contribution is 2.06. The minimum atomic E-state index is 1.20. The van der Waals surface area contributed by atoms with Crippen molar-refractivity contribution in [2.75, 3.05) is 39.3 Å². The maximum atomic E-state index is 2.58. The zero-order valence-electron chi connectivity index (χ0n) is 8.55. The summed E-state index contributed by atoms with van der Waals surface area (Å²) in [4.78, 5) is 5.08. The van der Waals surface area contributed by atoms with Crippen molar-refractivity contribution in [3.05, 3.63) is 0 Å². The molecule has 0 bridgehead atoms. The molecule has 0 saturated carbocycles. The van der Waals surface area contributed by atoms with E-state index in [4.69, 9.17) is 0 Å². The summed E-state index contributed by atoms with van der Waals surface area (Å²) in [5.41, 5.74) is 0. The Morgan fingerprint density at radius 1 is 1.08 bits per heavy atom. The van der Waals surface area contributed by atoms with Gasteiger partial charge in [-0.15, -0.1) is 0 Å². The van der Waals surface area contributed by atoms with Crippen LogP contribution in [-0.2, 0) is 0 Å². The molecule has 0 N–H and O–H groups in total. The van der Waals surface area contributed by atoms with Gasteiger partial charge in [0.15, 0.2) is 0 Å². The molecule has 1 fully saturated rings. The van der Waals surface area contributed by atoms with E-state index in [-0.39, 0.29) is 0 Å². The van der Waals surface area contributed by atoms with Gasteiger partial charge in [-0.25, -0.2) is 0 Å². The minimum Gasteiger partial charge on any atom is -0.303 e. The average Bonchev–Trinajstić information content (AvgIpc) is 2.59. The SMILES string of the molecule is CCN(CC)CCN1CCCC1. The number of likely N-dealkylation sites (tertiary alicyclic amines) is 1. The van der Waals surface area contributed by atoms with Crippen molar-refractivity contribution in [1.82, 2.24) is 9.80 Å². The van der Waals surface area contributed by atoms with Crippen LogP contribution in [0.5, 0.6) is 0 Å². The first-order valence-electron chi connectivity index (χ1n) is 5.31. The predicted molar refractivity (Wildman–Crippen MR) is 53.5 cm³/mol. The quantitative estimate of drug-likeness (QED) is 0.616. The lowest BCUT2D eigenvalue weighted by atomic mass is 10.4. The molecule has 0 unspecified atom stereocenters. The van der Waals surface area contributed by atoms with Crippen LogP contribution in [0.25, 0.3) is 0 Å². The fraction of sp³-hybridized carbons (Fsp3) is 1.00. The first-order chi connectivity index (χ1) is 5.86. The summed E-state index contributed by atoms with van der Waals surface area (Å²) in [5, 5.41) is 0. The Morgan fingerprint density at radius 2 is 1.67 bits per heavy atom. The van der Waals surface area contributed by atoms with Gasteiger partial charge in [-0.1, -0.05) is 13.8 Å². The van der Waals surface area contributed by atoms with Crippen LogP contribution in [-0.4, -0.2) is 49.1 Å². The molecule has 0 radical (unpaired) electrons. The van der Waals surface area contributed by atoms with Gasteiger partial charge in [0.1, 0.15) is 0 Å². The molecule has 1 aliphatic heterocycles. The van der Waals surface area contributed by atoms with E-state index < -0.39 is 0 Å². The van der Waals surface area contributed by atoms with Gasteiger partial charge in [0.2, 0.25) is 0 Å². The number of hydrogen-bond acceptors (Lipinski definition) is 2. The van der Waals surface area contributed by atoms with E-state index in [1.165, 1.54) is 52.1 Å². The van der Waals surface area contributed by atoms with Gasteiger partial charge in [0, 0.05) is 13.1 Å². The monoisotopic (exact) mass is 170 g/mol. The molecule has 2 heteroatoms. The second-order valence-electron chi connectivity index (χ2n) is 3.58. The molecule has 0 atom stereocenters. The van der Waals surface area contributed by atoms with Crippen LogP contribution < -0.4 is 0 Å². The molecule has 1 heterocycles. The van der Waals surface area contributed by atoms with Gasteiger partial charge in [-0.3, -0.25) is 0 Å². The van der Waals surface area contributed by atoms with Crippen molar-refractivity contribution in [2.45, 2.75) is 26.7 Å². The van der Waals surface area contributed by atoms with Crippen LogP contribution in [0.2, 0.25) is 0 Å². The highest BCUT2D eigenvalue weighted by molar-refractivity contribution is 4.67.